The van der Waals surface area contributed by atoms with Crippen molar-refractivity contribution in [3.63, 3.8) is 0 Å². The molecule has 0 aliphatic rings. The van der Waals surface area contributed by atoms with Crippen molar-refractivity contribution >= 4 is 39.5 Å². The van der Waals surface area contributed by atoms with Crippen LogP contribution in [0, 0.1) is 5.92 Å². The first-order chi connectivity index (χ1) is 44.0. The molecule has 0 spiro atoms. The van der Waals surface area contributed by atoms with E-state index < -0.39 is 97.5 Å². The summed E-state index contributed by atoms with van der Waals surface area (Å²) in [5, 5.41) is 10.6. The van der Waals surface area contributed by atoms with Crippen molar-refractivity contribution in [2.75, 3.05) is 39.6 Å². The Balaban J connectivity index is 5.22. The normalized spacial score (nSPS) is 14.0. The molecule has 0 fully saturated rings. The first kappa shape index (κ1) is 89.1. The van der Waals surface area contributed by atoms with E-state index in [2.05, 4.69) is 34.6 Å². The molecule has 0 amide bonds. The average Bonchev–Trinajstić information content (AvgIpc) is 3.72. The smallest absolute Gasteiger partial charge is 0.462 e. The second kappa shape index (κ2) is 65.4. The van der Waals surface area contributed by atoms with Gasteiger partial charge in [-0.2, -0.15) is 0 Å². The number of esters is 4. The van der Waals surface area contributed by atoms with Gasteiger partial charge in [0.25, 0.3) is 0 Å². The summed E-state index contributed by atoms with van der Waals surface area (Å²) in [7, 11) is -9.90. The van der Waals surface area contributed by atoms with Gasteiger partial charge in [-0.15, -0.1) is 0 Å². The quantitative estimate of drug-likeness (QED) is 0.0222. The lowest BCUT2D eigenvalue weighted by molar-refractivity contribution is -0.161. The van der Waals surface area contributed by atoms with Crippen LogP contribution in [-0.2, 0) is 65.4 Å². The summed E-state index contributed by atoms with van der Waals surface area (Å²) < 4.78 is 68.3. The molecule has 0 aliphatic heterocycles. The summed E-state index contributed by atoms with van der Waals surface area (Å²) in [6, 6.07) is 0. The molecule has 3 N–H and O–H groups in total. The Kier molecular flexibility index (Phi) is 64.0. The van der Waals surface area contributed by atoms with Crippen molar-refractivity contribution in [1.82, 2.24) is 0 Å². The Morgan fingerprint density at radius 3 is 0.747 bits per heavy atom. The number of rotatable bonds is 72. The molecule has 0 saturated carbocycles. The van der Waals surface area contributed by atoms with E-state index in [4.69, 9.17) is 37.0 Å². The second-order valence-electron chi connectivity index (χ2n) is 26.5. The molecule has 0 aromatic carbocycles. The third kappa shape index (κ3) is 66.5. The Bertz CT molecular complexity index is 1750. The van der Waals surface area contributed by atoms with E-state index in [0.29, 0.717) is 25.7 Å². The molecular weight excluding hydrogens is 1200 g/mol. The predicted molar refractivity (Wildman–Crippen MR) is 368 cm³/mol. The van der Waals surface area contributed by atoms with Crippen LogP contribution in [0.5, 0.6) is 0 Å². The van der Waals surface area contributed by atoms with Gasteiger partial charge in [-0.3, -0.25) is 37.3 Å². The minimum absolute atomic E-state index is 0.108. The number of aliphatic hydroxyl groups is 1. The van der Waals surface area contributed by atoms with Gasteiger partial charge in [0.05, 0.1) is 26.4 Å². The van der Waals surface area contributed by atoms with Gasteiger partial charge >= 0.3 is 39.5 Å². The topological polar surface area (TPSA) is 237 Å². The average molecular weight is 1340 g/mol. The van der Waals surface area contributed by atoms with Crippen molar-refractivity contribution in [3.8, 4) is 0 Å². The van der Waals surface area contributed by atoms with Crippen molar-refractivity contribution in [2.45, 2.75) is 393 Å². The van der Waals surface area contributed by atoms with Crippen LogP contribution in [0.15, 0.2) is 0 Å². The van der Waals surface area contributed by atoms with Crippen LogP contribution in [0.25, 0.3) is 0 Å². The number of hydrogen-bond acceptors (Lipinski definition) is 15. The number of carbonyl (C=O) groups is 4. The molecular formula is C72H140O17P2. The Morgan fingerprint density at radius 2 is 0.505 bits per heavy atom. The van der Waals surface area contributed by atoms with E-state index in [9.17, 15) is 43.2 Å². The fourth-order valence-corrected chi connectivity index (χ4v) is 12.6. The fraction of sp³-hybridized carbons (Fsp3) is 0.944. The summed E-state index contributed by atoms with van der Waals surface area (Å²) in [5.74, 6) is -1.33. The number of ether oxygens (including phenoxy) is 4. The van der Waals surface area contributed by atoms with E-state index in [1.54, 1.807) is 0 Å². The molecule has 0 heterocycles. The number of hydrogen-bond donors (Lipinski definition) is 3. The van der Waals surface area contributed by atoms with Gasteiger partial charge in [0.2, 0.25) is 0 Å². The molecule has 0 radical (unpaired) electrons. The standard InChI is InChI=1S/C72H140O17P2/c1-6-9-12-15-18-21-23-25-29-32-36-41-46-51-56-70(75)83-62-68(89-72(77)58-53-48-43-38-34-30-26-28-31-35-39-44-49-54-65(4)5)64-87-91(80,81)85-60-66(73)59-84-90(78,79)86-63-67(61-82-69(74)55-50-45-40-20-17-14-11-8-3)88-71(76)57-52-47-42-37-33-27-24-22-19-16-13-10-7-2/h65-68,73H,6-64H2,1-5H3,(H,78,79)(H,80,81)/t66-,67+,68+/m0/s1. The van der Waals surface area contributed by atoms with Crippen LogP contribution in [0.2, 0.25) is 0 Å². The van der Waals surface area contributed by atoms with E-state index in [1.165, 1.54) is 193 Å². The van der Waals surface area contributed by atoms with Gasteiger partial charge < -0.3 is 33.8 Å². The number of carbonyl (C=O) groups excluding carboxylic acids is 4. The Morgan fingerprint density at radius 1 is 0.297 bits per heavy atom. The highest BCUT2D eigenvalue weighted by Crippen LogP contribution is 2.45. The summed E-state index contributed by atoms with van der Waals surface area (Å²) in [5.41, 5.74) is 0. The van der Waals surface area contributed by atoms with E-state index in [-0.39, 0.29) is 25.7 Å². The van der Waals surface area contributed by atoms with E-state index in [1.807, 2.05) is 0 Å². The summed E-state index contributed by atoms with van der Waals surface area (Å²) in [4.78, 5) is 72.6. The lowest BCUT2D eigenvalue weighted by Gasteiger charge is -2.21. The molecule has 91 heavy (non-hydrogen) atoms. The monoisotopic (exact) mass is 1340 g/mol. The molecule has 0 aromatic heterocycles. The van der Waals surface area contributed by atoms with Gasteiger partial charge in [0, 0.05) is 25.7 Å². The predicted octanol–water partition coefficient (Wildman–Crippen LogP) is 20.9. The van der Waals surface area contributed by atoms with E-state index >= 15 is 0 Å². The Labute approximate surface area is 556 Å². The zero-order valence-electron chi connectivity index (χ0n) is 59.0. The maximum Gasteiger partial charge on any atom is 0.472 e. The minimum Gasteiger partial charge on any atom is -0.462 e. The lowest BCUT2D eigenvalue weighted by atomic mass is 10.0. The van der Waals surface area contributed by atoms with Crippen molar-refractivity contribution in [2.24, 2.45) is 5.92 Å². The largest absolute Gasteiger partial charge is 0.472 e. The number of phosphoric ester groups is 2. The number of unbranched alkanes of at least 4 members (excludes halogenated alkanes) is 44. The molecule has 540 valence electrons. The molecule has 17 nitrogen and oxygen atoms in total. The highest BCUT2D eigenvalue weighted by Gasteiger charge is 2.30. The molecule has 0 saturated heterocycles. The molecule has 0 bridgehead atoms. The maximum atomic E-state index is 13.0. The lowest BCUT2D eigenvalue weighted by Crippen LogP contribution is -2.30. The minimum atomic E-state index is -4.95. The van der Waals surface area contributed by atoms with Crippen LogP contribution >= 0.6 is 15.6 Å². The molecule has 0 rings (SSSR count). The molecule has 0 aromatic rings. The van der Waals surface area contributed by atoms with E-state index in [0.717, 1.165) is 102 Å². The van der Waals surface area contributed by atoms with Crippen LogP contribution in [0.3, 0.4) is 0 Å². The van der Waals surface area contributed by atoms with Crippen molar-refractivity contribution < 1.29 is 80.2 Å². The number of phosphoric acid groups is 2. The fourth-order valence-electron chi connectivity index (χ4n) is 11.0. The van der Waals surface area contributed by atoms with Gasteiger partial charge in [0.1, 0.15) is 19.3 Å². The third-order valence-electron chi connectivity index (χ3n) is 16.8. The molecule has 19 heteroatoms. The van der Waals surface area contributed by atoms with Gasteiger partial charge in [0.15, 0.2) is 12.2 Å². The second-order valence-corrected chi connectivity index (χ2v) is 29.4. The molecule has 0 aliphatic carbocycles. The highest BCUT2D eigenvalue weighted by atomic mass is 31.2. The van der Waals surface area contributed by atoms with Crippen molar-refractivity contribution in [3.05, 3.63) is 0 Å². The molecule has 2 unspecified atom stereocenters. The van der Waals surface area contributed by atoms with Crippen LogP contribution in [0.4, 0.5) is 0 Å². The zero-order valence-corrected chi connectivity index (χ0v) is 60.8. The SMILES string of the molecule is CCCCCCCCCCCCCCCCC(=O)OC[C@H](COP(=O)(O)OC[C@@H](O)COP(=O)(O)OC[C@@H](COC(=O)CCCCCCCCCC)OC(=O)CCCCCCCCCCCCCCC)OC(=O)CCCCCCCCCCCCCCCC(C)C. The van der Waals surface area contributed by atoms with Crippen LogP contribution < -0.4 is 0 Å². The summed E-state index contributed by atoms with van der Waals surface area (Å²) in [6.07, 6.45) is 52.6. The summed E-state index contributed by atoms with van der Waals surface area (Å²) in [6.45, 7) is 7.26. The van der Waals surface area contributed by atoms with Gasteiger partial charge in [-0.05, 0) is 31.6 Å². The van der Waals surface area contributed by atoms with Crippen LogP contribution in [-0.4, -0.2) is 96.7 Å². The maximum absolute atomic E-state index is 13.0. The summed E-state index contributed by atoms with van der Waals surface area (Å²) >= 11 is 0. The molecule has 5 atom stereocenters. The van der Waals surface area contributed by atoms with Gasteiger partial charge in [-0.1, -0.05) is 324 Å². The van der Waals surface area contributed by atoms with Crippen LogP contribution in [0.1, 0.15) is 375 Å². The first-order valence-electron chi connectivity index (χ1n) is 37.6. The Hall–Kier alpha value is -1.94. The van der Waals surface area contributed by atoms with Crippen molar-refractivity contribution in [1.29, 1.82) is 0 Å². The highest BCUT2D eigenvalue weighted by molar-refractivity contribution is 7.47. The van der Waals surface area contributed by atoms with Gasteiger partial charge in [-0.25, -0.2) is 9.13 Å². The number of aliphatic hydroxyl groups excluding tert-OH is 1. The first-order valence-corrected chi connectivity index (χ1v) is 40.6. The zero-order chi connectivity index (χ0) is 67.0. The third-order valence-corrected chi connectivity index (χ3v) is 18.7.